The van der Waals surface area contributed by atoms with Gasteiger partial charge in [-0.1, -0.05) is 12.5 Å². The zero-order chi connectivity index (χ0) is 17.9. The van der Waals surface area contributed by atoms with Crippen molar-refractivity contribution in [1.82, 2.24) is 10.2 Å². The summed E-state index contributed by atoms with van der Waals surface area (Å²) in [6, 6.07) is 5.94. The van der Waals surface area contributed by atoms with Crippen LogP contribution in [0.2, 0.25) is 0 Å². The molecular formula is C19H25N3O4. The molecule has 0 spiro atoms. The average molecular weight is 359 g/mol. The lowest BCUT2D eigenvalue weighted by atomic mass is 9.87. The predicted octanol–water partition coefficient (Wildman–Crippen LogP) is 2.95. The molecule has 7 nitrogen and oxygen atoms in total. The van der Waals surface area contributed by atoms with Crippen molar-refractivity contribution in [3.63, 3.8) is 0 Å². The van der Waals surface area contributed by atoms with Gasteiger partial charge in [-0.3, -0.25) is 4.79 Å². The largest absolute Gasteiger partial charge is 0.454 e. The fourth-order valence-corrected chi connectivity index (χ4v) is 4.00. The molecular weight excluding hydrogens is 334 g/mol. The SMILES string of the molecule is O=NC(NC(=O)CC1CCN(C2CCC2)CC1)c1ccc2c(c1)OCO2. The van der Waals surface area contributed by atoms with Crippen molar-refractivity contribution in [2.75, 3.05) is 19.9 Å². The Bertz CT molecular complexity index is 669. The predicted molar refractivity (Wildman–Crippen MR) is 95.8 cm³/mol. The molecule has 140 valence electrons. The smallest absolute Gasteiger partial charge is 0.231 e. The van der Waals surface area contributed by atoms with Gasteiger partial charge in [0.1, 0.15) is 0 Å². The molecule has 1 amide bonds. The number of carbonyl (C=O) groups is 1. The molecule has 1 saturated heterocycles. The summed E-state index contributed by atoms with van der Waals surface area (Å²) in [6.45, 7) is 2.34. The molecule has 1 aliphatic carbocycles. The third-order valence-electron chi connectivity index (χ3n) is 5.83. The number of fused-ring (bicyclic) bond motifs is 1. The normalized spacial score (nSPS) is 21.8. The van der Waals surface area contributed by atoms with Gasteiger partial charge in [0.15, 0.2) is 17.7 Å². The van der Waals surface area contributed by atoms with E-state index in [1.165, 1.54) is 19.3 Å². The zero-order valence-electron chi connectivity index (χ0n) is 14.9. The minimum absolute atomic E-state index is 0.116. The van der Waals surface area contributed by atoms with Crippen LogP contribution in [0, 0.1) is 10.8 Å². The van der Waals surface area contributed by atoms with E-state index in [0.717, 1.165) is 32.0 Å². The van der Waals surface area contributed by atoms with E-state index in [4.69, 9.17) is 9.47 Å². The van der Waals surface area contributed by atoms with Gasteiger partial charge in [-0.05, 0) is 62.0 Å². The summed E-state index contributed by atoms with van der Waals surface area (Å²) in [7, 11) is 0. The Kier molecular flexibility index (Phi) is 5.06. The first kappa shape index (κ1) is 17.3. The summed E-state index contributed by atoms with van der Waals surface area (Å²) >= 11 is 0. The van der Waals surface area contributed by atoms with Crippen LogP contribution in [0.4, 0.5) is 0 Å². The summed E-state index contributed by atoms with van der Waals surface area (Å²) in [5.41, 5.74) is 0.609. The Morgan fingerprint density at radius 2 is 1.96 bits per heavy atom. The third kappa shape index (κ3) is 3.67. The summed E-state index contributed by atoms with van der Waals surface area (Å²) in [5, 5.41) is 5.83. The number of nitrogens with one attached hydrogen (secondary N) is 1. The maximum atomic E-state index is 12.4. The van der Waals surface area contributed by atoms with Crippen molar-refractivity contribution in [3.05, 3.63) is 28.7 Å². The van der Waals surface area contributed by atoms with Crippen LogP contribution in [0.3, 0.4) is 0 Å². The van der Waals surface area contributed by atoms with Crippen LogP contribution in [0.5, 0.6) is 11.5 Å². The lowest BCUT2D eigenvalue weighted by Crippen LogP contribution is -2.45. The molecule has 26 heavy (non-hydrogen) atoms. The van der Waals surface area contributed by atoms with Gasteiger partial charge in [0.25, 0.3) is 0 Å². The number of ether oxygens (including phenoxy) is 2. The quantitative estimate of drug-likeness (QED) is 0.790. The van der Waals surface area contributed by atoms with Crippen LogP contribution in [-0.2, 0) is 4.79 Å². The first-order valence-electron chi connectivity index (χ1n) is 9.48. The second kappa shape index (κ2) is 7.61. The molecule has 1 saturated carbocycles. The number of piperidine rings is 1. The number of benzene rings is 1. The molecule has 2 aliphatic heterocycles. The molecule has 0 aromatic heterocycles. The number of nitrogens with zero attached hydrogens (tertiary/aromatic N) is 2. The van der Waals surface area contributed by atoms with E-state index in [1.54, 1.807) is 18.2 Å². The van der Waals surface area contributed by atoms with Crippen LogP contribution in [0.1, 0.15) is 50.3 Å². The lowest BCUT2D eigenvalue weighted by Gasteiger charge is -2.41. The Morgan fingerprint density at radius 1 is 1.19 bits per heavy atom. The van der Waals surface area contributed by atoms with Gasteiger partial charge in [-0.25, -0.2) is 0 Å². The minimum atomic E-state index is -0.896. The molecule has 1 atom stereocenters. The van der Waals surface area contributed by atoms with Gasteiger partial charge in [-0.15, -0.1) is 4.91 Å². The van der Waals surface area contributed by atoms with Crippen LogP contribution >= 0.6 is 0 Å². The Balaban J connectivity index is 1.28. The van der Waals surface area contributed by atoms with Gasteiger partial charge >= 0.3 is 0 Å². The highest BCUT2D eigenvalue weighted by atomic mass is 16.7. The van der Waals surface area contributed by atoms with E-state index in [9.17, 15) is 9.70 Å². The maximum absolute atomic E-state index is 12.4. The van der Waals surface area contributed by atoms with Crippen LogP contribution in [0.25, 0.3) is 0 Å². The van der Waals surface area contributed by atoms with Crippen molar-refractivity contribution in [2.45, 2.75) is 50.7 Å². The number of hydrogen-bond acceptors (Lipinski definition) is 6. The molecule has 1 aromatic carbocycles. The molecule has 3 aliphatic rings. The van der Waals surface area contributed by atoms with Crippen molar-refractivity contribution in [1.29, 1.82) is 0 Å². The van der Waals surface area contributed by atoms with Gasteiger partial charge in [0, 0.05) is 18.0 Å². The third-order valence-corrected chi connectivity index (χ3v) is 5.83. The Labute approximate surface area is 153 Å². The van der Waals surface area contributed by atoms with E-state index >= 15 is 0 Å². The first-order chi connectivity index (χ1) is 12.7. The van der Waals surface area contributed by atoms with Crippen molar-refractivity contribution in [3.8, 4) is 11.5 Å². The molecule has 0 radical (unpaired) electrons. The molecule has 1 N–H and O–H groups in total. The van der Waals surface area contributed by atoms with Gasteiger partial charge in [0.2, 0.25) is 12.7 Å². The molecule has 0 bridgehead atoms. The summed E-state index contributed by atoms with van der Waals surface area (Å²) in [4.78, 5) is 26.2. The van der Waals surface area contributed by atoms with Crippen molar-refractivity contribution in [2.24, 2.45) is 11.1 Å². The first-order valence-corrected chi connectivity index (χ1v) is 9.48. The second-order valence-electron chi connectivity index (χ2n) is 7.46. The highest BCUT2D eigenvalue weighted by Gasteiger charge is 2.30. The number of amides is 1. The second-order valence-corrected chi connectivity index (χ2v) is 7.46. The topological polar surface area (TPSA) is 80.2 Å². The monoisotopic (exact) mass is 359 g/mol. The highest BCUT2D eigenvalue weighted by molar-refractivity contribution is 5.76. The Morgan fingerprint density at radius 3 is 2.65 bits per heavy atom. The summed E-state index contributed by atoms with van der Waals surface area (Å²) in [5.74, 6) is 1.49. The van der Waals surface area contributed by atoms with E-state index in [1.807, 2.05) is 0 Å². The van der Waals surface area contributed by atoms with E-state index < -0.39 is 6.17 Å². The van der Waals surface area contributed by atoms with E-state index in [-0.39, 0.29) is 12.7 Å². The molecule has 1 aromatic rings. The Hall–Kier alpha value is -2.15. The molecule has 1 unspecified atom stereocenters. The number of hydrogen-bond donors (Lipinski definition) is 1. The summed E-state index contributed by atoms with van der Waals surface area (Å²) < 4.78 is 10.6. The maximum Gasteiger partial charge on any atom is 0.231 e. The van der Waals surface area contributed by atoms with Gasteiger partial charge in [-0.2, -0.15) is 0 Å². The summed E-state index contributed by atoms with van der Waals surface area (Å²) in [6.07, 6.45) is 5.66. The van der Waals surface area contributed by atoms with Crippen LogP contribution < -0.4 is 14.8 Å². The lowest BCUT2D eigenvalue weighted by molar-refractivity contribution is -0.123. The zero-order valence-corrected chi connectivity index (χ0v) is 14.9. The molecule has 4 rings (SSSR count). The molecule has 2 heterocycles. The number of nitroso groups, excluding NO2 is 1. The fraction of sp³-hybridized carbons (Fsp3) is 0.632. The highest BCUT2D eigenvalue weighted by Crippen LogP contribution is 2.34. The fourth-order valence-electron chi connectivity index (χ4n) is 4.00. The number of rotatable bonds is 6. The number of carbonyl (C=O) groups excluding carboxylic acids is 1. The van der Waals surface area contributed by atoms with Gasteiger partial charge < -0.3 is 19.7 Å². The van der Waals surface area contributed by atoms with Crippen LogP contribution in [-0.4, -0.2) is 36.7 Å². The molecule has 7 heteroatoms. The van der Waals surface area contributed by atoms with Crippen molar-refractivity contribution >= 4 is 5.91 Å². The standard InChI is InChI=1S/C19H25N3O4/c23-18(10-13-6-8-22(9-7-13)15-2-1-3-15)20-19(21-24)14-4-5-16-17(11-14)26-12-25-16/h4-5,11,13,15,19H,1-3,6-10,12H2,(H,20,23). The minimum Gasteiger partial charge on any atom is -0.454 e. The van der Waals surface area contributed by atoms with Crippen LogP contribution in [0.15, 0.2) is 23.4 Å². The number of likely N-dealkylation sites (tertiary alicyclic amines) is 1. The molecule has 2 fully saturated rings. The average Bonchev–Trinajstić information content (AvgIpc) is 3.07. The van der Waals surface area contributed by atoms with E-state index in [0.29, 0.717) is 29.4 Å². The van der Waals surface area contributed by atoms with E-state index in [2.05, 4.69) is 15.4 Å². The van der Waals surface area contributed by atoms with Crippen molar-refractivity contribution < 1.29 is 14.3 Å². The van der Waals surface area contributed by atoms with Gasteiger partial charge in [0.05, 0.1) is 0 Å².